The highest BCUT2D eigenvalue weighted by Gasteiger charge is 2.17. The average Bonchev–Trinajstić information content (AvgIpc) is 2.45. The van der Waals surface area contributed by atoms with Gasteiger partial charge in [0.05, 0.1) is 11.6 Å². The smallest absolute Gasteiger partial charge is 0.242 e. The van der Waals surface area contributed by atoms with Gasteiger partial charge in [-0.05, 0) is 37.6 Å². The number of hydrogen-bond acceptors (Lipinski definition) is 4. The molecular formula is C14H23ClN2O3S. The van der Waals surface area contributed by atoms with Crippen molar-refractivity contribution in [3.8, 4) is 0 Å². The summed E-state index contributed by atoms with van der Waals surface area (Å²) in [5.74, 6) is 0. The Labute approximate surface area is 132 Å². The van der Waals surface area contributed by atoms with Crippen LogP contribution in [0.3, 0.4) is 0 Å². The van der Waals surface area contributed by atoms with Crippen molar-refractivity contribution < 1.29 is 13.2 Å². The second kappa shape index (κ2) is 9.38. The van der Waals surface area contributed by atoms with E-state index >= 15 is 0 Å². The molecule has 0 fully saturated rings. The van der Waals surface area contributed by atoms with Gasteiger partial charge in [0, 0.05) is 19.7 Å². The molecule has 0 radical (unpaired) electrons. The minimum absolute atomic E-state index is 0.108. The lowest BCUT2D eigenvalue weighted by Crippen LogP contribution is -2.28. The average molecular weight is 335 g/mol. The Morgan fingerprint density at radius 3 is 2.67 bits per heavy atom. The van der Waals surface area contributed by atoms with E-state index in [4.69, 9.17) is 16.3 Å². The molecule has 5 nitrogen and oxygen atoms in total. The van der Waals surface area contributed by atoms with Gasteiger partial charge in [0.25, 0.3) is 0 Å². The van der Waals surface area contributed by atoms with Crippen molar-refractivity contribution in [2.75, 3.05) is 26.3 Å². The lowest BCUT2D eigenvalue weighted by Gasteiger charge is -2.11. The molecule has 0 saturated carbocycles. The van der Waals surface area contributed by atoms with E-state index in [2.05, 4.69) is 17.0 Å². The quantitative estimate of drug-likeness (QED) is 0.643. The van der Waals surface area contributed by atoms with Crippen LogP contribution in [0.1, 0.15) is 25.8 Å². The molecule has 0 aliphatic heterocycles. The Morgan fingerprint density at radius 2 is 2.00 bits per heavy atom. The molecule has 0 unspecified atom stereocenters. The van der Waals surface area contributed by atoms with E-state index in [1.54, 1.807) is 12.1 Å². The van der Waals surface area contributed by atoms with Crippen molar-refractivity contribution >= 4 is 21.6 Å². The Bertz CT molecular complexity index is 535. The normalized spacial score (nSPS) is 11.8. The molecule has 0 spiro atoms. The summed E-state index contributed by atoms with van der Waals surface area (Å²) in [6.45, 7) is 6.56. The zero-order chi connectivity index (χ0) is 15.7. The van der Waals surface area contributed by atoms with E-state index in [-0.39, 0.29) is 16.5 Å². The summed E-state index contributed by atoms with van der Waals surface area (Å²) in [5, 5.41) is 3.45. The summed E-state index contributed by atoms with van der Waals surface area (Å²) < 4.78 is 32.1. The second-order valence-corrected chi connectivity index (χ2v) is 6.68. The highest BCUT2D eigenvalue weighted by Crippen LogP contribution is 2.22. The predicted molar refractivity (Wildman–Crippen MR) is 85.1 cm³/mol. The summed E-state index contributed by atoms with van der Waals surface area (Å²) in [7, 11) is -3.61. The number of halogens is 1. The van der Waals surface area contributed by atoms with Crippen molar-refractivity contribution in [1.82, 2.24) is 10.0 Å². The first kappa shape index (κ1) is 18.4. The Balaban J connectivity index is 2.77. The number of ether oxygens (including phenoxy) is 1. The highest BCUT2D eigenvalue weighted by atomic mass is 35.5. The Morgan fingerprint density at radius 1 is 1.24 bits per heavy atom. The van der Waals surface area contributed by atoms with E-state index in [9.17, 15) is 8.42 Å². The highest BCUT2D eigenvalue weighted by molar-refractivity contribution is 7.89. The van der Waals surface area contributed by atoms with E-state index in [0.717, 1.165) is 18.5 Å². The summed E-state index contributed by atoms with van der Waals surface area (Å²) >= 11 is 6.01. The van der Waals surface area contributed by atoms with E-state index in [1.807, 2.05) is 13.0 Å². The van der Waals surface area contributed by atoms with Crippen LogP contribution in [0, 0.1) is 0 Å². The maximum Gasteiger partial charge on any atom is 0.242 e. The Hall–Kier alpha value is -0.660. The monoisotopic (exact) mass is 334 g/mol. The minimum atomic E-state index is -3.61. The maximum atomic E-state index is 12.2. The molecule has 2 N–H and O–H groups in total. The lowest BCUT2D eigenvalue weighted by atomic mass is 10.2. The molecule has 21 heavy (non-hydrogen) atoms. The largest absolute Gasteiger partial charge is 0.380 e. The predicted octanol–water partition coefficient (Wildman–Crippen LogP) is 2.15. The van der Waals surface area contributed by atoms with Crippen molar-refractivity contribution in [3.63, 3.8) is 0 Å². The van der Waals surface area contributed by atoms with Gasteiger partial charge in [-0.15, -0.1) is 0 Å². The maximum absolute atomic E-state index is 12.2. The van der Waals surface area contributed by atoms with Crippen LogP contribution >= 0.6 is 11.6 Å². The van der Waals surface area contributed by atoms with Crippen molar-refractivity contribution in [1.29, 1.82) is 0 Å². The van der Waals surface area contributed by atoms with Crippen molar-refractivity contribution in [3.05, 3.63) is 28.8 Å². The molecule has 0 aliphatic rings. The third-order valence-electron chi connectivity index (χ3n) is 2.78. The van der Waals surface area contributed by atoms with Gasteiger partial charge in [-0.3, -0.25) is 0 Å². The molecule has 0 saturated heterocycles. The molecule has 1 aromatic carbocycles. The number of sulfonamides is 1. The van der Waals surface area contributed by atoms with Gasteiger partial charge in [0.1, 0.15) is 4.90 Å². The van der Waals surface area contributed by atoms with Crippen LogP contribution < -0.4 is 10.0 Å². The molecule has 0 heterocycles. The molecule has 1 aromatic rings. The van der Waals surface area contributed by atoms with Gasteiger partial charge in [-0.25, -0.2) is 13.1 Å². The molecular weight excluding hydrogens is 312 g/mol. The summed E-state index contributed by atoms with van der Waals surface area (Å²) in [4.78, 5) is 0.108. The fourth-order valence-corrected chi connectivity index (χ4v) is 3.30. The fraction of sp³-hybridized carbons (Fsp3) is 0.571. The molecule has 0 bridgehead atoms. The molecule has 1 rings (SSSR count). The number of rotatable bonds is 10. The van der Waals surface area contributed by atoms with Gasteiger partial charge < -0.3 is 10.1 Å². The third kappa shape index (κ3) is 6.32. The standard InChI is InChI=1S/C14H23ClN2O3S/c1-3-7-16-11-12-5-6-13(15)14(10-12)21(18,19)17-8-9-20-4-2/h5-6,10,16-17H,3-4,7-9,11H2,1-2H3. The molecule has 120 valence electrons. The topological polar surface area (TPSA) is 67.4 Å². The van der Waals surface area contributed by atoms with Gasteiger partial charge >= 0.3 is 0 Å². The van der Waals surface area contributed by atoms with Crippen LogP contribution in [-0.4, -0.2) is 34.7 Å². The van der Waals surface area contributed by atoms with Crippen LogP contribution in [0.25, 0.3) is 0 Å². The van der Waals surface area contributed by atoms with Crippen LogP contribution in [0.15, 0.2) is 23.1 Å². The number of benzene rings is 1. The van der Waals surface area contributed by atoms with Crippen LogP contribution in [0.2, 0.25) is 5.02 Å². The second-order valence-electron chi connectivity index (χ2n) is 4.54. The molecule has 0 amide bonds. The Kier molecular flexibility index (Phi) is 8.21. The van der Waals surface area contributed by atoms with Crippen LogP contribution in [0.5, 0.6) is 0 Å². The van der Waals surface area contributed by atoms with Gasteiger partial charge in [0.2, 0.25) is 10.0 Å². The zero-order valence-electron chi connectivity index (χ0n) is 12.5. The van der Waals surface area contributed by atoms with Gasteiger partial charge in [-0.2, -0.15) is 0 Å². The third-order valence-corrected chi connectivity index (χ3v) is 4.73. The summed E-state index contributed by atoms with van der Waals surface area (Å²) in [6, 6.07) is 5.04. The SMILES string of the molecule is CCCNCc1ccc(Cl)c(S(=O)(=O)NCCOCC)c1. The van der Waals surface area contributed by atoms with E-state index in [1.165, 1.54) is 0 Å². The molecule has 7 heteroatoms. The zero-order valence-corrected chi connectivity index (χ0v) is 14.1. The van der Waals surface area contributed by atoms with Crippen molar-refractivity contribution in [2.24, 2.45) is 0 Å². The lowest BCUT2D eigenvalue weighted by molar-refractivity contribution is 0.153. The fourth-order valence-electron chi connectivity index (χ4n) is 1.74. The first-order chi connectivity index (χ1) is 10.0. The van der Waals surface area contributed by atoms with E-state index < -0.39 is 10.0 Å². The first-order valence-electron chi connectivity index (χ1n) is 7.07. The molecule has 0 atom stereocenters. The number of hydrogen-bond donors (Lipinski definition) is 2. The minimum Gasteiger partial charge on any atom is -0.380 e. The van der Waals surface area contributed by atoms with E-state index in [0.29, 0.717) is 19.8 Å². The van der Waals surface area contributed by atoms with Crippen LogP contribution in [-0.2, 0) is 21.3 Å². The van der Waals surface area contributed by atoms with Gasteiger partial charge in [0.15, 0.2) is 0 Å². The molecule has 0 aliphatic carbocycles. The van der Waals surface area contributed by atoms with Crippen LogP contribution in [0.4, 0.5) is 0 Å². The number of nitrogens with one attached hydrogen (secondary N) is 2. The summed E-state index contributed by atoms with van der Waals surface area (Å²) in [6.07, 6.45) is 1.03. The molecule has 0 aromatic heterocycles. The van der Waals surface area contributed by atoms with Gasteiger partial charge in [-0.1, -0.05) is 24.6 Å². The first-order valence-corrected chi connectivity index (χ1v) is 8.94. The van der Waals surface area contributed by atoms with Crippen molar-refractivity contribution in [2.45, 2.75) is 31.7 Å². The summed E-state index contributed by atoms with van der Waals surface area (Å²) in [5.41, 5.74) is 0.887.